The van der Waals surface area contributed by atoms with Gasteiger partial charge in [-0.1, -0.05) is 41.6 Å². The van der Waals surface area contributed by atoms with Crippen molar-refractivity contribution in [2.75, 3.05) is 7.11 Å². The molecule has 0 unspecified atom stereocenters. The van der Waals surface area contributed by atoms with E-state index in [2.05, 4.69) is 0 Å². The van der Waals surface area contributed by atoms with Gasteiger partial charge in [-0.25, -0.2) is 0 Å². The number of methoxy groups -OCH3 is 1. The van der Waals surface area contributed by atoms with Crippen molar-refractivity contribution in [3.8, 4) is 5.75 Å². The molecule has 0 amide bonds. The highest BCUT2D eigenvalue weighted by atomic mass is 35.5. The van der Waals surface area contributed by atoms with Gasteiger partial charge >= 0.3 is 0 Å². The van der Waals surface area contributed by atoms with Crippen molar-refractivity contribution in [2.45, 2.75) is 22.8 Å². The van der Waals surface area contributed by atoms with Crippen LogP contribution in [0.2, 0.25) is 5.02 Å². The first-order valence-electron chi connectivity index (χ1n) is 5.90. The Kier molecular flexibility index (Phi) is 4.75. The highest BCUT2D eigenvalue weighted by Gasteiger charge is 2.09. The lowest BCUT2D eigenvalue weighted by atomic mass is 10.1. The predicted octanol–water partition coefficient (Wildman–Crippen LogP) is 4.55. The van der Waals surface area contributed by atoms with Crippen LogP contribution < -0.4 is 4.74 Å². The van der Waals surface area contributed by atoms with Gasteiger partial charge in [0.05, 0.1) is 23.1 Å². The Balaban J connectivity index is 2.28. The Morgan fingerprint density at radius 3 is 2.53 bits per heavy atom. The van der Waals surface area contributed by atoms with Crippen molar-refractivity contribution in [3.05, 3.63) is 53.1 Å². The first-order chi connectivity index (χ1) is 9.11. The number of aliphatic hydroxyl groups excluding tert-OH is 1. The van der Waals surface area contributed by atoms with Gasteiger partial charge in [0.1, 0.15) is 5.75 Å². The Labute approximate surface area is 122 Å². The van der Waals surface area contributed by atoms with Crippen LogP contribution in [0.1, 0.15) is 18.6 Å². The van der Waals surface area contributed by atoms with Gasteiger partial charge in [-0.2, -0.15) is 0 Å². The highest BCUT2D eigenvalue weighted by molar-refractivity contribution is 7.99. The van der Waals surface area contributed by atoms with Crippen LogP contribution in [0.5, 0.6) is 5.75 Å². The predicted molar refractivity (Wildman–Crippen MR) is 79.2 cm³/mol. The molecule has 0 bridgehead atoms. The number of halogens is 1. The van der Waals surface area contributed by atoms with E-state index in [4.69, 9.17) is 16.3 Å². The van der Waals surface area contributed by atoms with Gasteiger partial charge < -0.3 is 9.84 Å². The number of ether oxygens (including phenoxy) is 1. The Morgan fingerprint density at radius 1 is 1.16 bits per heavy atom. The molecule has 0 spiro atoms. The third kappa shape index (κ3) is 3.44. The molecule has 0 aliphatic heterocycles. The molecule has 2 aromatic rings. The van der Waals surface area contributed by atoms with Gasteiger partial charge in [-0.05, 0) is 36.8 Å². The van der Waals surface area contributed by atoms with Crippen molar-refractivity contribution in [2.24, 2.45) is 0 Å². The van der Waals surface area contributed by atoms with E-state index in [-0.39, 0.29) is 0 Å². The van der Waals surface area contributed by atoms with Crippen molar-refractivity contribution >= 4 is 23.4 Å². The molecular weight excluding hydrogens is 280 g/mol. The molecule has 4 heteroatoms. The maximum absolute atomic E-state index is 9.53. The lowest BCUT2D eigenvalue weighted by Crippen LogP contribution is -1.91. The molecule has 1 atom stereocenters. The molecule has 2 aromatic carbocycles. The van der Waals surface area contributed by atoms with Gasteiger partial charge in [0, 0.05) is 4.90 Å². The van der Waals surface area contributed by atoms with Crippen LogP contribution in [0.4, 0.5) is 0 Å². The van der Waals surface area contributed by atoms with Crippen LogP contribution in [-0.4, -0.2) is 12.2 Å². The summed E-state index contributed by atoms with van der Waals surface area (Å²) in [5.74, 6) is 0.822. The van der Waals surface area contributed by atoms with E-state index in [1.54, 1.807) is 31.9 Å². The van der Waals surface area contributed by atoms with Gasteiger partial charge in [0.25, 0.3) is 0 Å². The minimum atomic E-state index is -0.511. The zero-order chi connectivity index (χ0) is 13.8. The molecule has 0 saturated heterocycles. The average Bonchev–Trinajstić information content (AvgIpc) is 2.41. The molecule has 2 nitrogen and oxygen atoms in total. The largest absolute Gasteiger partial charge is 0.496 e. The summed E-state index contributed by atoms with van der Waals surface area (Å²) < 4.78 is 5.32. The first-order valence-corrected chi connectivity index (χ1v) is 7.09. The minimum Gasteiger partial charge on any atom is -0.496 e. The maximum atomic E-state index is 9.53. The van der Waals surface area contributed by atoms with E-state index < -0.39 is 6.10 Å². The summed E-state index contributed by atoms with van der Waals surface area (Å²) in [5.41, 5.74) is 0.814. The number of hydrogen-bond acceptors (Lipinski definition) is 3. The number of aliphatic hydroxyl groups is 1. The van der Waals surface area contributed by atoms with Crippen LogP contribution in [0, 0.1) is 0 Å². The summed E-state index contributed by atoms with van der Waals surface area (Å²) in [5, 5.41) is 10.2. The SMILES string of the molecule is COc1ccccc1Sc1ccc([C@@H](C)O)cc1Cl. The minimum absolute atomic E-state index is 0.511. The van der Waals surface area contributed by atoms with Crippen LogP contribution in [0.15, 0.2) is 52.3 Å². The quantitative estimate of drug-likeness (QED) is 0.897. The van der Waals surface area contributed by atoms with Crippen molar-refractivity contribution < 1.29 is 9.84 Å². The summed E-state index contributed by atoms with van der Waals surface area (Å²) >= 11 is 7.79. The second-order valence-corrected chi connectivity index (χ2v) is 5.61. The smallest absolute Gasteiger partial charge is 0.132 e. The van der Waals surface area contributed by atoms with Crippen LogP contribution in [-0.2, 0) is 0 Å². The lowest BCUT2D eigenvalue weighted by Gasteiger charge is -2.11. The van der Waals surface area contributed by atoms with E-state index in [0.717, 1.165) is 21.1 Å². The lowest BCUT2D eigenvalue weighted by molar-refractivity contribution is 0.199. The second kappa shape index (κ2) is 6.33. The molecule has 2 rings (SSSR count). The Hall–Kier alpha value is -1.16. The van der Waals surface area contributed by atoms with E-state index in [1.807, 2.05) is 36.4 Å². The normalized spacial score (nSPS) is 12.2. The molecule has 0 saturated carbocycles. The van der Waals surface area contributed by atoms with Crippen molar-refractivity contribution in [1.29, 1.82) is 0 Å². The summed E-state index contributed by atoms with van der Waals surface area (Å²) in [6, 6.07) is 13.4. The topological polar surface area (TPSA) is 29.5 Å². The van der Waals surface area contributed by atoms with Crippen LogP contribution in [0.3, 0.4) is 0 Å². The fourth-order valence-corrected chi connectivity index (χ4v) is 2.91. The van der Waals surface area contributed by atoms with Gasteiger partial charge in [0.2, 0.25) is 0 Å². The number of benzene rings is 2. The molecule has 0 heterocycles. The van der Waals surface area contributed by atoms with E-state index in [0.29, 0.717) is 5.02 Å². The van der Waals surface area contributed by atoms with Crippen molar-refractivity contribution in [1.82, 2.24) is 0 Å². The highest BCUT2D eigenvalue weighted by Crippen LogP contribution is 2.38. The molecule has 0 radical (unpaired) electrons. The molecule has 0 fully saturated rings. The Morgan fingerprint density at radius 2 is 1.89 bits per heavy atom. The fraction of sp³-hybridized carbons (Fsp3) is 0.200. The monoisotopic (exact) mass is 294 g/mol. The number of rotatable bonds is 4. The molecule has 0 aliphatic carbocycles. The van der Waals surface area contributed by atoms with Gasteiger partial charge in [0.15, 0.2) is 0 Å². The molecule has 19 heavy (non-hydrogen) atoms. The molecule has 0 aromatic heterocycles. The van der Waals surface area contributed by atoms with E-state index >= 15 is 0 Å². The van der Waals surface area contributed by atoms with E-state index in [1.165, 1.54) is 0 Å². The summed E-state index contributed by atoms with van der Waals surface area (Å²) in [4.78, 5) is 1.95. The first kappa shape index (κ1) is 14.3. The second-order valence-electron chi connectivity index (χ2n) is 4.12. The van der Waals surface area contributed by atoms with E-state index in [9.17, 15) is 5.11 Å². The standard InChI is InChI=1S/C15H15ClO2S/c1-10(17)11-7-8-14(12(16)9-11)19-15-6-4-3-5-13(15)18-2/h3-10,17H,1-2H3/t10-/m1/s1. The molecular formula is C15H15ClO2S. The van der Waals surface area contributed by atoms with Gasteiger partial charge in [-0.15, -0.1) is 0 Å². The summed E-state index contributed by atoms with van der Waals surface area (Å²) in [7, 11) is 1.65. The number of hydrogen-bond donors (Lipinski definition) is 1. The van der Waals surface area contributed by atoms with Crippen LogP contribution >= 0.6 is 23.4 Å². The zero-order valence-corrected chi connectivity index (χ0v) is 12.3. The third-order valence-electron chi connectivity index (χ3n) is 2.73. The third-order valence-corrected chi connectivity index (χ3v) is 4.29. The molecule has 1 N–H and O–H groups in total. The summed E-state index contributed by atoms with van der Waals surface area (Å²) in [6.07, 6.45) is -0.511. The van der Waals surface area contributed by atoms with Crippen molar-refractivity contribution in [3.63, 3.8) is 0 Å². The Bertz CT molecular complexity index is 570. The average molecular weight is 295 g/mol. The van der Waals surface area contributed by atoms with Crippen LogP contribution in [0.25, 0.3) is 0 Å². The fourth-order valence-electron chi connectivity index (χ4n) is 1.68. The maximum Gasteiger partial charge on any atom is 0.132 e. The summed E-state index contributed by atoms with van der Waals surface area (Å²) in [6.45, 7) is 1.72. The zero-order valence-electron chi connectivity index (χ0n) is 10.8. The van der Waals surface area contributed by atoms with Gasteiger partial charge in [-0.3, -0.25) is 0 Å². The molecule has 100 valence electrons. The molecule has 0 aliphatic rings. The number of para-hydroxylation sites is 1.